The summed E-state index contributed by atoms with van der Waals surface area (Å²) < 4.78 is 0. The molecule has 6 nitrogen and oxygen atoms in total. The molecule has 0 saturated carbocycles. The number of carboxylic acids is 1. The van der Waals surface area contributed by atoms with Gasteiger partial charge in [0.15, 0.2) is 0 Å². The number of hydrogen-bond donors (Lipinski definition) is 1. The van der Waals surface area contributed by atoms with Crippen molar-refractivity contribution in [2.45, 2.75) is 19.9 Å². The SMILES string of the molecule is Cc1nc2ccc(C(=O)N3CC=C[C@H]3C(=O)O)cc2nc1C. The number of carbonyl (C=O) groups excluding carboxylic acids is 1. The molecule has 1 aliphatic rings. The van der Waals surface area contributed by atoms with Gasteiger partial charge in [-0.2, -0.15) is 0 Å². The molecule has 0 spiro atoms. The second-order valence-corrected chi connectivity index (χ2v) is 5.27. The molecule has 112 valence electrons. The summed E-state index contributed by atoms with van der Waals surface area (Å²) in [5.41, 5.74) is 3.42. The van der Waals surface area contributed by atoms with E-state index < -0.39 is 12.0 Å². The van der Waals surface area contributed by atoms with Gasteiger partial charge >= 0.3 is 5.97 Å². The quantitative estimate of drug-likeness (QED) is 0.853. The van der Waals surface area contributed by atoms with Crippen molar-refractivity contribution in [3.05, 3.63) is 47.3 Å². The predicted octanol–water partition coefficient (Wildman–Crippen LogP) is 1.71. The third-order valence-corrected chi connectivity index (χ3v) is 3.79. The van der Waals surface area contributed by atoms with E-state index in [9.17, 15) is 9.59 Å². The summed E-state index contributed by atoms with van der Waals surface area (Å²) in [5.74, 6) is -1.35. The van der Waals surface area contributed by atoms with Gasteiger partial charge < -0.3 is 10.0 Å². The van der Waals surface area contributed by atoms with Crippen LogP contribution in [-0.2, 0) is 4.79 Å². The lowest BCUT2D eigenvalue weighted by atomic mass is 10.1. The third-order valence-electron chi connectivity index (χ3n) is 3.79. The maximum Gasteiger partial charge on any atom is 0.330 e. The Kier molecular flexibility index (Phi) is 3.36. The van der Waals surface area contributed by atoms with Crippen molar-refractivity contribution < 1.29 is 14.7 Å². The molecule has 1 N–H and O–H groups in total. The first kappa shape index (κ1) is 14.2. The van der Waals surface area contributed by atoms with Crippen LogP contribution in [0.4, 0.5) is 0 Å². The first-order valence-corrected chi connectivity index (χ1v) is 6.93. The van der Waals surface area contributed by atoms with Crippen molar-refractivity contribution in [3.63, 3.8) is 0 Å². The van der Waals surface area contributed by atoms with Crippen molar-refractivity contribution in [2.75, 3.05) is 6.54 Å². The molecule has 1 aliphatic heterocycles. The van der Waals surface area contributed by atoms with Crippen molar-refractivity contribution in [1.29, 1.82) is 0 Å². The Hall–Kier alpha value is -2.76. The second-order valence-electron chi connectivity index (χ2n) is 5.27. The molecule has 3 rings (SSSR count). The highest BCUT2D eigenvalue weighted by Gasteiger charge is 2.30. The number of carbonyl (C=O) groups is 2. The van der Waals surface area contributed by atoms with Crippen LogP contribution in [0.15, 0.2) is 30.4 Å². The van der Waals surface area contributed by atoms with Gasteiger partial charge in [-0.25, -0.2) is 14.8 Å². The molecule has 2 aromatic rings. The van der Waals surface area contributed by atoms with E-state index in [4.69, 9.17) is 5.11 Å². The van der Waals surface area contributed by atoms with Gasteiger partial charge in [0.25, 0.3) is 5.91 Å². The van der Waals surface area contributed by atoms with E-state index in [1.807, 2.05) is 13.8 Å². The highest BCUT2D eigenvalue weighted by Crippen LogP contribution is 2.19. The second kappa shape index (κ2) is 5.22. The van der Waals surface area contributed by atoms with Crippen molar-refractivity contribution >= 4 is 22.9 Å². The number of amides is 1. The Bertz CT molecular complexity index is 814. The number of benzene rings is 1. The fourth-order valence-corrected chi connectivity index (χ4v) is 2.48. The fourth-order valence-electron chi connectivity index (χ4n) is 2.48. The number of aliphatic carboxylic acids is 1. The van der Waals surface area contributed by atoms with Crippen molar-refractivity contribution in [1.82, 2.24) is 14.9 Å². The van der Waals surface area contributed by atoms with Gasteiger partial charge in [0.05, 0.1) is 22.4 Å². The van der Waals surface area contributed by atoms with E-state index in [1.165, 1.54) is 11.0 Å². The number of nitrogens with zero attached hydrogens (tertiary/aromatic N) is 3. The topological polar surface area (TPSA) is 83.4 Å². The van der Waals surface area contributed by atoms with Crippen LogP contribution in [0.25, 0.3) is 11.0 Å². The van der Waals surface area contributed by atoms with Crippen molar-refractivity contribution in [3.8, 4) is 0 Å². The molecule has 0 bridgehead atoms. The van der Waals surface area contributed by atoms with Gasteiger partial charge in [-0.05, 0) is 32.0 Å². The molecule has 0 unspecified atom stereocenters. The first-order chi connectivity index (χ1) is 10.5. The van der Waals surface area contributed by atoms with Crippen LogP contribution in [0.2, 0.25) is 0 Å². The summed E-state index contributed by atoms with van der Waals surface area (Å²) in [4.78, 5) is 33.9. The van der Waals surface area contributed by atoms with Crippen LogP contribution in [-0.4, -0.2) is 44.4 Å². The highest BCUT2D eigenvalue weighted by atomic mass is 16.4. The van der Waals surface area contributed by atoms with Crippen LogP contribution in [0.1, 0.15) is 21.7 Å². The maximum atomic E-state index is 12.5. The van der Waals surface area contributed by atoms with Crippen LogP contribution in [0.5, 0.6) is 0 Å². The zero-order valence-corrected chi connectivity index (χ0v) is 12.3. The number of fused-ring (bicyclic) bond motifs is 1. The van der Waals surface area contributed by atoms with Crippen LogP contribution in [0.3, 0.4) is 0 Å². The molecule has 1 atom stereocenters. The third kappa shape index (κ3) is 2.32. The Morgan fingerprint density at radius 3 is 2.55 bits per heavy atom. The molecular formula is C16H15N3O3. The normalized spacial score (nSPS) is 17.2. The Morgan fingerprint density at radius 1 is 1.18 bits per heavy atom. The van der Waals surface area contributed by atoms with Crippen molar-refractivity contribution in [2.24, 2.45) is 0 Å². The smallest absolute Gasteiger partial charge is 0.330 e. The number of aromatic nitrogens is 2. The predicted molar refractivity (Wildman–Crippen MR) is 80.6 cm³/mol. The van der Waals surface area contributed by atoms with Gasteiger partial charge in [-0.15, -0.1) is 0 Å². The molecule has 22 heavy (non-hydrogen) atoms. The summed E-state index contributed by atoms with van der Waals surface area (Å²) in [6, 6.07) is 4.15. The molecule has 1 aromatic heterocycles. The Morgan fingerprint density at radius 2 is 1.86 bits per heavy atom. The molecule has 0 fully saturated rings. The molecule has 0 aliphatic carbocycles. The molecule has 0 saturated heterocycles. The molecule has 0 radical (unpaired) electrons. The van der Waals surface area contributed by atoms with Gasteiger partial charge in [0, 0.05) is 12.1 Å². The van der Waals surface area contributed by atoms with E-state index in [-0.39, 0.29) is 5.91 Å². The minimum Gasteiger partial charge on any atom is -0.479 e. The summed E-state index contributed by atoms with van der Waals surface area (Å²) in [5, 5.41) is 9.15. The minimum absolute atomic E-state index is 0.298. The van der Waals surface area contributed by atoms with Gasteiger partial charge in [0.1, 0.15) is 6.04 Å². The number of aryl methyl sites for hydroxylation is 2. The Labute approximate surface area is 127 Å². The fraction of sp³-hybridized carbons (Fsp3) is 0.250. The average Bonchev–Trinajstić information content (AvgIpc) is 2.97. The van der Waals surface area contributed by atoms with Crippen LogP contribution in [0, 0.1) is 13.8 Å². The number of rotatable bonds is 2. The molecule has 6 heteroatoms. The lowest BCUT2D eigenvalue weighted by molar-refractivity contribution is -0.140. The standard InChI is InChI=1S/C16H15N3O3/c1-9-10(2)18-13-8-11(5-6-12(13)17-9)15(20)19-7-3-4-14(19)16(21)22/h3-6,8,14H,7H2,1-2H3,(H,21,22)/t14-/m0/s1. The van der Waals surface area contributed by atoms with Crippen LogP contribution >= 0.6 is 0 Å². The van der Waals surface area contributed by atoms with E-state index >= 15 is 0 Å². The number of hydrogen-bond acceptors (Lipinski definition) is 4. The van der Waals surface area contributed by atoms with Gasteiger partial charge in [0.2, 0.25) is 0 Å². The molecule has 1 amide bonds. The van der Waals surface area contributed by atoms with E-state index in [0.29, 0.717) is 23.1 Å². The van der Waals surface area contributed by atoms with Gasteiger partial charge in [-0.1, -0.05) is 12.2 Å². The summed E-state index contributed by atoms with van der Waals surface area (Å²) in [6.45, 7) is 4.04. The summed E-state index contributed by atoms with van der Waals surface area (Å²) in [7, 11) is 0. The van der Waals surface area contributed by atoms with E-state index in [1.54, 1.807) is 24.3 Å². The lowest BCUT2D eigenvalue weighted by Crippen LogP contribution is -2.40. The first-order valence-electron chi connectivity index (χ1n) is 6.93. The largest absolute Gasteiger partial charge is 0.479 e. The minimum atomic E-state index is -1.03. The maximum absolute atomic E-state index is 12.5. The van der Waals surface area contributed by atoms with E-state index in [2.05, 4.69) is 9.97 Å². The Balaban J connectivity index is 1.98. The summed E-state index contributed by atoms with van der Waals surface area (Å²) >= 11 is 0. The lowest BCUT2D eigenvalue weighted by Gasteiger charge is -2.21. The monoisotopic (exact) mass is 297 g/mol. The zero-order chi connectivity index (χ0) is 15.9. The average molecular weight is 297 g/mol. The number of carboxylic acid groups (broad SMARTS) is 1. The van der Waals surface area contributed by atoms with Crippen LogP contribution < -0.4 is 0 Å². The molecule has 1 aromatic carbocycles. The molecule has 2 heterocycles. The van der Waals surface area contributed by atoms with E-state index in [0.717, 1.165) is 11.4 Å². The summed E-state index contributed by atoms with van der Waals surface area (Å²) in [6.07, 6.45) is 3.21. The molecular weight excluding hydrogens is 282 g/mol. The van der Waals surface area contributed by atoms with Gasteiger partial charge in [-0.3, -0.25) is 4.79 Å². The highest BCUT2D eigenvalue weighted by molar-refractivity contribution is 6.00. The zero-order valence-electron chi connectivity index (χ0n) is 12.3.